The van der Waals surface area contributed by atoms with Crippen molar-refractivity contribution >= 4 is 56.5 Å². The van der Waals surface area contributed by atoms with Crippen LogP contribution in [-0.4, -0.2) is 28.3 Å². The molecule has 180 valence electrons. The van der Waals surface area contributed by atoms with Gasteiger partial charge >= 0.3 is 0 Å². The first-order valence-electron chi connectivity index (χ1n) is 11.4. The van der Waals surface area contributed by atoms with Crippen molar-refractivity contribution in [2.45, 2.75) is 37.8 Å². The van der Waals surface area contributed by atoms with Crippen LogP contribution >= 0.6 is 34.7 Å². The molecular weight excluding hydrogens is 502 g/mol. The molecule has 1 N–H and O–H groups in total. The summed E-state index contributed by atoms with van der Waals surface area (Å²) in [6, 6.07) is 12.7. The molecule has 9 heteroatoms. The van der Waals surface area contributed by atoms with Crippen LogP contribution < -0.4 is 15.6 Å². The van der Waals surface area contributed by atoms with Gasteiger partial charge in [-0.05, 0) is 68.0 Å². The minimum atomic E-state index is -0.214. The minimum absolute atomic E-state index is 0.0840. The number of para-hydroxylation sites is 2. The van der Waals surface area contributed by atoms with Crippen molar-refractivity contribution in [2.24, 2.45) is 0 Å². The summed E-state index contributed by atoms with van der Waals surface area (Å²) < 4.78 is 6.94. The number of nitrogens with zero attached hydrogens (tertiary/aromatic N) is 2. The molecule has 2 heterocycles. The van der Waals surface area contributed by atoms with Crippen molar-refractivity contribution in [2.75, 3.05) is 18.2 Å². The van der Waals surface area contributed by atoms with Gasteiger partial charge < -0.3 is 10.1 Å². The fourth-order valence-electron chi connectivity index (χ4n) is 4.40. The molecule has 2 aromatic heterocycles. The number of hydrogen-bond donors (Lipinski definition) is 1. The Morgan fingerprint density at radius 3 is 2.83 bits per heavy atom. The second-order valence-corrected chi connectivity index (χ2v) is 10.8. The third-order valence-electron chi connectivity index (χ3n) is 6.15. The van der Waals surface area contributed by atoms with Crippen LogP contribution in [0.2, 0.25) is 5.02 Å². The number of anilines is 1. The van der Waals surface area contributed by atoms with Crippen molar-refractivity contribution in [3.8, 4) is 11.4 Å². The van der Waals surface area contributed by atoms with Crippen LogP contribution in [0.5, 0.6) is 5.75 Å². The van der Waals surface area contributed by atoms with E-state index in [1.54, 1.807) is 41.2 Å². The van der Waals surface area contributed by atoms with E-state index in [2.05, 4.69) is 5.32 Å². The van der Waals surface area contributed by atoms with Gasteiger partial charge in [0.2, 0.25) is 5.91 Å². The van der Waals surface area contributed by atoms with Crippen LogP contribution in [0.15, 0.2) is 52.4 Å². The Morgan fingerprint density at radius 2 is 2.00 bits per heavy atom. The van der Waals surface area contributed by atoms with Crippen molar-refractivity contribution in [1.82, 2.24) is 9.55 Å². The Bertz CT molecular complexity index is 1500. The number of methoxy groups -OCH3 is 1. The molecule has 0 aliphatic heterocycles. The largest absolute Gasteiger partial charge is 0.495 e. The second-order valence-electron chi connectivity index (χ2n) is 8.35. The highest BCUT2D eigenvalue weighted by Gasteiger charge is 2.24. The summed E-state index contributed by atoms with van der Waals surface area (Å²) >= 11 is 9.25. The number of amides is 1. The first-order valence-corrected chi connectivity index (χ1v) is 13.5. The highest BCUT2D eigenvalue weighted by atomic mass is 35.5. The van der Waals surface area contributed by atoms with E-state index in [-0.39, 0.29) is 17.2 Å². The van der Waals surface area contributed by atoms with E-state index in [1.165, 1.54) is 16.6 Å². The standard InChI is InChI=1S/C26H24ClN3O3S2/c1-15-17(27)9-7-11-19(15)30-25(32)23-16-8-3-6-13-21(16)35-24(23)29-26(30)34-14-22(31)28-18-10-4-5-12-20(18)33-2/h4-5,7,9-12H,3,6,8,13-14H2,1-2H3,(H,28,31). The maximum Gasteiger partial charge on any atom is 0.267 e. The quantitative estimate of drug-likeness (QED) is 0.246. The molecule has 1 aliphatic carbocycles. The number of nitrogens with one attached hydrogen (secondary N) is 1. The van der Waals surface area contributed by atoms with Gasteiger partial charge in [0.1, 0.15) is 10.6 Å². The van der Waals surface area contributed by atoms with Gasteiger partial charge in [-0.25, -0.2) is 4.98 Å². The Labute approximate surface area is 216 Å². The van der Waals surface area contributed by atoms with Crippen LogP contribution in [0.25, 0.3) is 15.9 Å². The van der Waals surface area contributed by atoms with Gasteiger partial charge in [0.15, 0.2) is 5.16 Å². The maximum absolute atomic E-state index is 13.9. The zero-order valence-corrected chi connectivity index (χ0v) is 21.8. The Balaban J connectivity index is 1.55. The fraction of sp³-hybridized carbons (Fsp3) is 0.269. The summed E-state index contributed by atoms with van der Waals surface area (Å²) in [6.45, 7) is 1.89. The number of thioether (sulfide) groups is 1. The lowest BCUT2D eigenvalue weighted by molar-refractivity contribution is -0.113. The zero-order chi connectivity index (χ0) is 24.5. The SMILES string of the molecule is COc1ccccc1NC(=O)CSc1nc2sc3c(c2c(=O)n1-c1cccc(Cl)c1C)CCCC3. The van der Waals surface area contributed by atoms with Gasteiger partial charge in [-0.15, -0.1) is 11.3 Å². The van der Waals surface area contributed by atoms with Gasteiger partial charge in [0.25, 0.3) is 5.56 Å². The fourth-order valence-corrected chi connectivity index (χ4v) is 6.68. The number of aryl methyl sites for hydroxylation is 2. The number of thiophene rings is 1. The third kappa shape index (κ3) is 4.58. The van der Waals surface area contributed by atoms with Gasteiger partial charge in [0.05, 0.1) is 29.6 Å². The van der Waals surface area contributed by atoms with Crippen molar-refractivity contribution in [3.63, 3.8) is 0 Å². The van der Waals surface area contributed by atoms with E-state index in [9.17, 15) is 9.59 Å². The van der Waals surface area contributed by atoms with Gasteiger partial charge in [-0.2, -0.15) is 0 Å². The number of carbonyl (C=O) groups excluding carboxylic acids is 1. The smallest absolute Gasteiger partial charge is 0.267 e. The lowest BCUT2D eigenvalue weighted by atomic mass is 9.97. The molecule has 0 spiro atoms. The molecule has 0 saturated heterocycles. The van der Waals surface area contributed by atoms with Gasteiger partial charge in [-0.1, -0.05) is 41.6 Å². The minimum Gasteiger partial charge on any atom is -0.495 e. The average molecular weight is 526 g/mol. The normalized spacial score (nSPS) is 13.0. The number of rotatable bonds is 6. The number of halogens is 1. The second kappa shape index (κ2) is 10.0. The molecule has 1 amide bonds. The summed E-state index contributed by atoms with van der Waals surface area (Å²) in [5, 5.41) is 4.63. The van der Waals surface area contributed by atoms with E-state index in [1.807, 2.05) is 31.2 Å². The molecule has 1 aliphatic rings. The highest BCUT2D eigenvalue weighted by Crippen LogP contribution is 2.36. The molecule has 0 radical (unpaired) electrons. The number of ether oxygens (including phenoxy) is 1. The predicted molar refractivity (Wildman–Crippen MR) is 144 cm³/mol. The first kappa shape index (κ1) is 23.9. The topological polar surface area (TPSA) is 73.2 Å². The molecular formula is C26H24ClN3O3S2. The van der Waals surface area contributed by atoms with Crippen LogP contribution in [-0.2, 0) is 17.6 Å². The lowest BCUT2D eigenvalue weighted by Gasteiger charge is -2.16. The molecule has 6 nitrogen and oxygen atoms in total. The Kier molecular flexibility index (Phi) is 6.86. The monoisotopic (exact) mass is 525 g/mol. The van der Waals surface area contributed by atoms with Gasteiger partial charge in [-0.3, -0.25) is 14.2 Å². The lowest BCUT2D eigenvalue weighted by Crippen LogP contribution is -2.24. The molecule has 0 bridgehead atoms. The maximum atomic E-state index is 13.9. The molecule has 0 saturated carbocycles. The molecule has 5 rings (SSSR count). The zero-order valence-electron chi connectivity index (χ0n) is 19.4. The number of benzene rings is 2. The molecule has 4 aromatic rings. The first-order chi connectivity index (χ1) is 17.0. The van der Waals surface area contributed by atoms with Crippen LogP contribution in [0.3, 0.4) is 0 Å². The average Bonchev–Trinajstić information content (AvgIpc) is 3.24. The van der Waals surface area contributed by atoms with Crippen LogP contribution in [0, 0.1) is 6.92 Å². The van der Waals surface area contributed by atoms with E-state index < -0.39 is 0 Å². The third-order valence-corrected chi connectivity index (χ3v) is 8.69. The van der Waals surface area contributed by atoms with Crippen LogP contribution in [0.1, 0.15) is 28.8 Å². The van der Waals surface area contributed by atoms with E-state index in [0.29, 0.717) is 32.7 Å². The summed E-state index contributed by atoms with van der Waals surface area (Å²) in [5.41, 5.74) is 3.10. The molecule has 35 heavy (non-hydrogen) atoms. The Morgan fingerprint density at radius 1 is 1.20 bits per heavy atom. The predicted octanol–water partition coefficient (Wildman–Crippen LogP) is 6.03. The van der Waals surface area contributed by atoms with E-state index in [4.69, 9.17) is 21.3 Å². The number of hydrogen-bond acceptors (Lipinski definition) is 6. The number of carbonyl (C=O) groups is 1. The molecule has 0 fully saturated rings. The highest BCUT2D eigenvalue weighted by molar-refractivity contribution is 7.99. The summed E-state index contributed by atoms with van der Waals surface area (Å²) in [7, 11) is 1.56. The molecule has 2 aromatic carbocycles. The van der Waals surface area contributed by atoms with Crippen molar-refractivity contribution < 1.29 is 9.53 Å². The number of fused-ring (bicyclic) bond motifs is 3. The van der Waals surface area contributed by atoms with E-state index in [0.717, 1.165) is 41.6 Å². The van der Waals surface area contributed by atoms with Crippen LogP contribution in [0.4, 0.5) is 5.69 Å². The number of aromatic nitrogens is 2. The van der Waals surface area contributed by atoms with Crippen molar-refractivity contribution in [1.29, 1.82) is 0 Å². The summed E-state index contributed by atoms with van der Waals surface area (Å²) in [4.78, 5) is 33.6. The van der Waals surface area contributed by atoms with Gasteiger partial charge in [0, 0.05) is 9.90 Å². The molecule has 0 unspecified atom stereocenters. The summed E-state index contributed by atoms with van der Waals surface area (Å²) in [5.74, 6) is 0.454. The Hall–Kier alpha value is -2.81. The van der Waals surface area contributed by atoms with E-state index >= 15 is 0 Å². The summed E-state index contributed by atoms with van der Waals surface area (Å²) in [6.07, 6.45) is 4.09. The van der Waals surface area contributed by atoms with Crippen molar-refractivity contribution in [3.05, 3.63) is 73.8 Å². The molecule has 0 atom stereocenters.